The van der Waals surface area contributed by atoms with Gasteiger partial charge in [0.25, 0.3) is 0 Å². The summed E-state index contributed by atoms with van der Waals surface area (Å²) in [5.74, 6) is -0.200. The molecule has 168 valence electrons. The number of nitrogens with zero attached hydrogens (tertiary/aromatic N) is 2. The fraction of sp³-hybridized carbons (Fsp3) is 0.480. The number of hydrogen-bond acceptors (Lipinski definition) is 6. The van der Waals surface area contributed by atoms with Crippen molar-refractivity contribution in [1.82, 2.24) is 15.4 Å². The van der Waals surface area contributed by atoms with Gasteiger partial charge in [-0.25, -0.2) is 0 Å². The van der Waals surface area contributed by atoms with Crippen LogP contribution in [0.3, 0.4) is 0 Å². The Labute approximate surface area is 187 Å². The number of carbonyl (C=O) groups excluding carboxylic acids is 2. The average Bonchev–Trinajstić information content (AvgIpc) is 3.24. The Bertz CT molecular complexity index is 1150. The highest BCUT2D eigenvalue weighted by atomic mass is 16.5. The van der Waals surface area contributed by atoms with E-state index in [0.717, 1.165) is 28.5 Å². The van der Waals surface area contributed by atoms with Gasteiger partial charge in [-0.3, -0.25) is 14.9 Å². The van der Waals surface area contributed by atoms with Gasteiger partial charge in [-0.1, -0.05) is 30.5 Å². The van der Waals surface area contributed by atoms with Gasteiger partial charge in [-0.15, -0.1) is 0 Å². The first kappa shape index (κ1) is 20.9. The van der Waals surface area contributed by atoms with Crippen molar-refractivity contribution in [3.63, 3.8) is 0 Å². The van der Waals surface area contributed by atoms with E-state index in [0.29, 0.717) is 36.8 Å². The molecule has 0 spiro atoms. The summed E-state index contributed by atoms with van der Waals surface area (Å²) in [5.41, 5.74) is 1.23. The summed E-state index contributed by atoms with van der Waals surface area (Å²) in [6.45, 7) is 1.56. The second-order valence-electron chi connectivity index (χ2n) is 9.01. The molecule has 1 saturated carbocycles. The normalized spacial score (nSPS) is 20.2. The van der Waals surface area contributed by atoms with Crippen molar-refractivity contribution in [3.05, 3.63) is 36.0 Å². The molecule has 1 atom stereocenters. The molecule has 3 aromatic rings. The lowest BCUT2D eigenvalue weighted by Gasteiger charge is -2.31. The summed E-state index contributed by atoms with van der Waals surface area (Å²) in [5, 5.41) is 9.42. The highest BCUT2D eigenvalue weighted by molar-refractivity contribution is 6.10. The van der Waals surface area contributed by atoms with Gasteiger partial charge in [-0.2, -0.15) is 0 Å². The van der Waals surface area contributed by atoms with Gasteiger partial charge in [0.2, 0.25) is 11.8 Å². The quantitative estimate of drug-likeness (QED) is 0.586. The number of hydrogen-bond donors (Lipinski definition) is 1. The van der Waals surface area contributed by atoms with E-state index in [1.165, 1.54) is 32.1 Å². The molecule has 1 aliphatic carbocycles. The van der Waals surface area contributed by atoms with E-state index in [1.54, 1.807) is 0 Å². The Morgan fingerprint density at radius 1 is 1.12 bits per heavy atom. The zero-order valence-corrected chi connectivity index (χ0v) is 18.4. The summed E-state index contributed by atoms with van der Waals surface area (Å²) in [7, 11) is 2.19. The number of carbonyl (C=O) groups is 2. The number of benzene rings is 2. The van der Waals surface area contributed by atoms with Crippen molar-refractivity contribution >= 4 is 33.6 Å². The van der Waals surface area contributed by atoms with Gasteiger partial charge in [-0.05, 0) is 61.3 Å². The Morgan fingerprint density at radius 3 is 2.78 bits per heavy atom. The van der Waals surface area contributed by atoms with E-state index >= 15 is 0 Å². The molecule has 2 amide bonds. The third-order valence-corrected chi connectivity index (χ3v) is 6.93. The van der Waals surface area contributed by atoms with Crippen LogP contribution in [0.1, 0.15) is 56.6 Å². The number of amides is 2. The minimum absolute atomic E-state index is 0.236. The summed E-state index contributed by atoms with van der Waals surface area (Å²) in [6.07, 6.45) is 7.36. The van der Waals surface area contributed by atoms with Gasteiger partial charge >= 0.3 is 0 Å². The molecule has 2 heterocycles. The third kappa shape index (κ3) is 4.09. The van der Waals surface area contributed by atoms with Crippen LogP contribution in [0.5, 0.6) is 5.75 Å². The fourth-order valence-corrected chi connectivity index (χ4v) is 5.07. The number of likely N-dealkylation sites (N-methyl/N-ethyl adjacent to an activating group) is 1. The van der Waals surface area contributed by atoms with Crippen LogP contribution in [0.4, 0.5) is 0 Å². The minimum atomic E-state index is -0.481. The first-order valence-electron chi connectivity index (χ1n) is 11.6. The van der Waals surface area contributed by atoms with E-state index in [1.807, 2.05) is 30.3 Å². The molecule has 1 aromatic heterocycles. The van der Waals surface area contributed by atoms with E-state index in [9.17, 15) is 9.59 Å². The molecule has 1 N–H and O–H groups in total. The van der Waals surface area contributed by atoms with E-state index in [-0.39, 0.29) is 11.8 Å². The molecule has 2 fully saturated rings. The monoisotopic (exact) mass is 435 g/mol. The standard InChI is InChI=1S/C25H29N3O4/c1-28(17-5-3-2-4-6-17)13-14-31-18-8-9-19-16(15-18)7-11-21-23(19)24(27-32-21)20-10-12-22(29)26-25(20)30/h7-9,11,15,17,20H,2-6,10,12-14H2,1H3,(H,26,29,30)/t20-/m0/s1. The number of ether oxygens (including phenoxy) is 1. The number of fused-ring (bicyclic) bond motifs is 3. The van der Waals surface area contributed by atoms with Gasteiger partial charge in [0.1, 0.15) is 18.1 Å². The SMILES string of the molecule is CN(CCOc1ccc2c(ccc3onc([C@@H]4CCC(=O)NC4=O)c32)c1)C1CCCCC1. The third-order valence-electron chi connectivity index (χ3n) is 6.93. The number of imide groups is 1. The summed E-state index contributed by atoms with van der Waals surface area (Å²) >= 11 is 0. The molecule has 2 aliphatic rings. The summed E-state index contributed by atoms with van der Waals surface area (Å²) < 4.78 is 11.6. The van der Waals surface area contributed by atoms with Crippen LogP contribution in [0.25, 0.3) is 21.7 Å². The van der Waals surface area contributed by atoms with Gasteiger partial charge in [0, 0.05) is 19.0 Å². The van der Waals surface area contributed by atoms with Crippen LogP contribution in [0, 0.1) is 0 Å². The van der Waals surface area contributed by atoms with Gasteiger partial charge in [0.15, 0.2) is 5.58 Å². The van der Waals surface area contributed by atoms with Crippen molar-refractivity contribution in [3.8, 4) is 5.75 Å². The molecule has 2 aromatic carbocycles. The molecule has 1 aliphatic heterocycles. The lowest BCUT2D eigenvalue weighted by molar-refractivity contribution is -0.134. The molecule has 0 bridgehead atoms. The Morgan fingerprint density at radius 2 is 1.97 bits per heavy atom. The van der Waals surface area contributed by atoms with Crippen molar-refractivity contribution in [2.75, 3.05) is 20.2 Å². The largest absolute Gasteiger partial charge is 0.492 e. The predicted molar refractivity (Wildman–Crippen MR) is 122 cm³/mol. The van der Waals surface area contributed by atoms with Crippen LogP contribution < -0.4 is 10.1 Å². The minimum Gasteiger partial charge on any atom is -0.492 e. The van der Waals surface area contributed by atoms with Crippen molar-refractivity contribution in [2.24, 2.45) is 0 Å². The van der Waals surface area contributed by atoms with E-state index in [4.69, 9.17) is 9.26 Å². The summed E-state index contributed by atoms with van der Waals surface area (Å²) in [6, 6.07) is 10.5. The van der Waals surface area contributed by atoms with Crippen molar-refractivity contribution in [1.29, 1.82) is 0 Å². The maximum atomic E-state index is 12.4. The second kappa shape index (κ2) is 8.90. The smallest absolute Gasteiger partial charge is 0.235 e. The number of nitrogens with one attached hydrogen (secondary N) is 1. The topological polar surface area (TPSA) is 84.7 Å². The van der Waals surface area contributed by atoms with Crippen molar-refractivity contribution in [2.45, 2.75) is 56.9 Å². The van der Waals surface area contributed by atoms with Gasteiger partial charge in [0.05, 0.1) is 11.3 Å². The van der Waals surface area contributed by atoms with Crippen LogP contribution in [0.2, 0.25) is 0 Å². The highest BCUT2D eigenvalue weighted by Gasteiger charge is 2.32. The molecular formula is C25H29N3O4. The van der Waals surface area contributed by atoms with E-state index < -0.39 is 5.92 Å². The lowest BCUT2D eigenvalue weighted by Crippen LogP contribution is -2.39. The molecule has 0 radical (unpaired) electrons. The first-order chi connectivity index (χ1) is 15.6. The maximum absolute atomic E-state index is 12.4. The van der Waals surface area contributed by atoms with E-state index in [2.05, 4.69) is 22.4 Å². The molecule has 32 heavy (non-hydrogen) atoms. The first-order valence-corrected chi connectivity index (χ1v) is 11.6. The number of rotatable bonds is 6. The second-order valence-corrected chi connectivity index (χ2v) is 9.01. The average molecular weight is 436 g/mol. The molecule has 7 heteroatoms. The van der Waals surface area contributed by atoms with Crippen LogP contribution >= 0.6 is 0 Å². The molecular weight excluding hydrogens is 406 g/mol. The van der Waals surface area contributed by atoms with Gasteiger partial charge < -0.3 is 14.2 Å². The molecule has 5 rings (SSSR count). The zero-order chi connectivity index (χ0) is 22.1. The number of aromatic nitrogens is 1. The van der Waals surface area contributed by atoms with Crippen LogP contribution in [-0.4, -0.2) is 48.1 Å². The Kier molecular flexibility index (Phi) is 5.83. The molecule has 0 unspecified atom stereocenters. The van der Waals surface area contributed by atoms with Crippen LogP contribution in [-0.2, 0) is 9.59 Å². The number of piperidine rings is 1. The van der Waals surface area contributed by atoms with Crippen LogP contribution in [0.15, 0.2) is 34.9 Å². The van der Waals surface area contributed by atoms with Crippen molar-refractivity contribution < 1.29 is 18.8 Å². The molecule has 7 nitrogen and oxygen atoms in total. The Balaban J connectivity index is 1.34. The fourth-order valence-electron chi connectivity index (χ4n) is 5.07. The zero-order valence-electron chi connectivity index (χ0n) is 18.4. The predicted octanol–water partition coefficient (Wildman–Crippen LogP) is 4.14. The highest BCUT2D eigenvalue weighted by Crippen LogP contribution is 2.36. The molecule has 1 saturated heterocycles. The summed E-state index contributed by atoms with van der Waals surface area (Å²) in [4.78, 5) is 26.3. The maximum Gasteiger partial charge on any atom is 0.235 e. The Hall–Kier alpha value is -2.93. The lowest BCUT2D eigenvalue weighted by atomic mass is 9.91.